The van der Waals surface area contributed by atoms with Gasteiger partial charge >= 0.3 is 0 Å². The van der Waals surface area contributed by atoms with E-state index in [0.717, 1.165) is 44.9 Å². The molecule has 2 atom stereocenters. The first kappa shape index (κ1) is 36.6. The number of nitrogens with one attached hydrogen (secondary N) is 1. The van der Waals surface area contributed by atoms with Crippen molar-refractivity contribution >= 4 is 5.91 Å². The summed E-state index contributed by atoms with van der Waals surface area (Å²) in [7, 11) is 0. The molecule has 0 aromatic heterocycles. The van der Waals surface area contributed by atoms with Crippen LogP contribution < -0.4 is 5.32 Å². The van der Waals surface area contributed by atoms with Crippen LogP contribution in [0.4, 0.5) is 0 Å². The Labute approximate surface area is 236 Å². The summed E-state index contributed by atoms with van der Waals surface area (Å²) < 4.78 is 0. The highest BCUT2D eigenvalue weighted by molar-refractivity contribution is 5.76. The molecule has 0 saturated carbocycles. The maximum Gasteiger partial charge on any atom is 0.220 e. The molecule has 0 unspecified atom stereocenters. The summed E-state index contributed by atoms with van der Waals surface area (Å²) in [5, 5.41) is 22.7. The Morgan fingerprint density at radius 1 is 0.605 bits per heavy atom. The number of allylic oxidation sites excluding steroid dienone is 5. The van der Waals surface area contributed by atoms with E-state index in [9.17, 15) is 15.0 Å². The fourth-order valence-electron chi connectivity index (χ4n) is 4.54. The normalized spacial score (nSPS) is 13.7. The summed E-state index contributed by atoms with van der Waals surface area (Å²) in [5.74, 6) is -0.0870. The van der Waals surface area contributed by atoms with Crippen molar-refractivity contribution < 1.29 is 15.0 Å². The molecule has 0 aliphatic rings. The minimum atomic E-state index is -0.861. The van der Waals surface area contributed by atoms with Gasteiger partial charge in [-0.2, -0.15) is 0 Å². The van der Waals surface area contributed by atoms with Crippen LogP contribution in [0.2, 0.25) is 0 Å². The van der Waals surface area contributed by atoms with Gasteiger partial charge in [0.25, 0.3) is 0 Å². The topological polar surface area (TPSA) is 69.6 Å². The maximum absolute atomic E-state index is 12.2. The second-order valence-electron chi connectivity index (χ2n) is 10.9. The molecule has 0 spiro atoms. The number of aliphatic hydroxyl groups excluding tert-OH is 2. The van der Waals surface area contributed by atoms with Crippen molar-refractivity contribution in [3.05, 3.63) is 36.5 Å². The van der Waals surface area contributed by atoms with Crippen molar-refractivity contribution in [2.45, 2.75) is 167 Å². The highest BCUT2D eigenvalue weighted by Gasteiger charge is 2.17. The number of aliphatic hydroxyl groups is 2. The fourth-order valence-corrected chi connectivity index (χ4v) is 4.54. The van der Waals surface area contributed by atoms with Crippen LogP contribution in [-0.4, -0.2) is 34.9 Å². The van der Waals surface area contributed by atoms with Gasteiger partial charge in [0.15, 0.2) is 0 Å². The van der Waals surface area contributed by atoms with E-state index in [1.807, 2.05) is 6.08 Å². The third-order valence-corrected chi connectivity index (χ3v) is 7.10. The lowest BCUT2D eigenvalue weighted by Gasteiger charge is -2.19. The molecule has 0 saturated heterocycles. The molecule has 4 nitrogen and oxygen atoms in total. The molecule has 0 radical (unpaired) electrons. The molecule has 0 bridgehead atoms. The van der Waals surface area contributed by atoms with Crippen LogP contribution in [0.25, 0.3) is 0 Å². The van der Waals surface area contributed by atoms with E-state index < -0.39 is 12.1 Å². The van der Waals surface area contributed by atoms with E-state index in [-0.39, 0.29) is 12.5 Å². The van der Waals surface area contributed by atoms with Crippen molar-refractivity contribution in [1.82, 2.24) is 5.32 Å². The zero-order valence-electron chi connectivity index (χ0n) is 25.2. The zero-order chi connectivity index (χ0) is 27.9. The van der Waals surface area contributed by atoms with E-state index in [2.05, 4.69) is 43.5 Å². The zero-order valence-corrected chi connectivity index (χ0v) is 25.2. The summed E-state index contributed by atoms with van der Waals surface area (Å²) in [6.07, 6.45) is 37.9. The largest absolute Gasteiger partial charge is 0.394 e. The Morgan fingerprint density at radius 3 is 1.53 bits per heavy atom. The summed E-state index contributed by atoms with van der Waals surface area (Å²) >= 11 is 0. The maximum atomic E-state index is 12.2. The number of carbonyl (C=O) groups excluding carboxylic acids is 1. The van der Waals surface area contributed by atoms with E-state index >= 15 is 0 Å². The lowest BCUT2D eigenvalue weighted by Crippen LogP contribution is -2.45. The van der Waals surface area contributed by atoms with Gasteiger partial charge in [0.1, 0.15) is 0 Å². The predicted octanol–water partition coefficient (Wildman–Crippen LogP) is 9.12. The van der Waals surface area contributed by atoms with Gasteiger partial charge < -0.3 is 15.5 Å². The molecule has 1 amide bonds. The van der Waals surface area contributed by atoms with Crippen LogP contribution in [0.15, 0.2) is 36.5 Å². The van der Waals surface area contributed by atoms with Gasteiger partial charge in [-0.1, -0.05) is 127 Å². The van der Waals surface area contributed by atoms with Gasteiger partial charge in [-0.15, -0.1) is 0 Å². The molecule has 0 aromatic carbocycles. The number of rotatable bonds is 28. The van der Waals surface area contributed by atoms with Gasteiger partial charge in [-0.3, -0.25) is 4.79 Å². The minimum absolute atomic E-state index is 0.0870. The number of hydrogen-bond donors (Lipinski definition) is 3. The monoisotopic (exact) mass is 533 g/mol. The first-order valence-electron chi connectivity index (χ1n) is 16.2. The second-order valence-corrected chi connectivity index (χ2v) is 10.9. The Hall–Kier alpha value is -1.39. The molecule has 38 heavy (non-hydrogen) atoms. The number of hydrogen-bond acceptors (Lipinski definition) is 3. The van der Waals surface area contributed by atoms with E-state index in [1.54, 1.807) is 6.08 Å². The van der Waals surface area contributed by atoms with Crippen molar-refractivity contribution in [1.29, 1.82) is 0 Å². The Morgan fingerprint density at radius 2 is 1.03 bits per heavy atom. The third kappa shape index (κ3) is 26.2. The van der Waals surface area contributed by atoms with Crippen molar-refractivity contribution in [3.8, 4) is 0 Å². The second kappa shape index (κ2) is 30.2. The van der Waals surface area contributed by atoms with Crippen LogP contribution in [0.5, 0.6) is 0 Å². The predicted molar refractivity (Wildman–Crippen MR) is 165 cm³/mol. The SMILES string of the molecule is CCCCCCC/C=C/CCCCCCCC(=O)N[C@@H](CO)[C@H](O)/C=C/CC/C=C/CCCCCCCC. The van der Waals surface area contributed by atoms with Gasteiger partial charge in [0, 0.05) is 6.42 Å². The van der Waals surface area contributed by atoms with Crippen LogP contribution in [0, 0.1) is 0 Å². The van der Waals surface area contributed by atoms with Crippen molar-refractivity contribution in [3.63, 3.8) is 0 Å². The molecular formula is C34H63NO3. The van der Waals surface area contributed by atoms with Crippen molar-refractivity contribution in [2.24, 2.45) is 0 Å². The Balaban J connectivity index is 3.74. The smallest absolute Gasteiger partial charge is 0.220 e. The van der Waals surface area contributed by atoms with Crippen LogP contribution in [0.3, 0.4) is 0 Å². The van der Waals surface area contributed by atoms with E-state index in [4.69, 9.17) is 0 Å². The Kier molecular flexibility index (Phi) is 29.1. The average Bonchev–Trinajstić information content (AvgIpc) is 2.92. The molecule has 0 aliphatic carbocycles. The summed E-state index contributed by atoms with van der Waals surface area (Å²) in [5.41, 5.74) is 0. The van der Waals surface area contributed by atoms with Crippen molar-refractivity contribution in [2.75, 3.05) is 6.61 Å². The van der Waals surface area contributed by atoms with Gasteiger partial charge in [0.05, 0.1) is 18.8 Å². The third-order valence-electron chi connectivity index (χ3n) is 7.10. The average molecular weight is 534 g/mol. The fraction of sp³-hybridized carbons (Fsp3) is 0.794. The lowest BCUT2D eigenvalue weighted by molar-refractivity contribution is -0.123. The van der Waals surface area contributed by atoms with Gasteiger partial charge in [-0.25, -0.2) is 0 Å². The first-order valence-corrected chi connectivity index (χ1v) is 16.2. The molecule has 3 N–H and O–H groups in total. The van der Waals surface area contributed by atoms with E-state index in [1.165, 1.54) is 89.9 Å². The molecular weight excluding hydrogens is 470 g/mol. The molecule has 222 valence electrons. The first-order chi connectivity index (χ1) is 18.7. The molecule has 0 fully saturated rings. The highest BCUT2D eigenvalue weighted by Crippen LogP contribution is 2.10. The van der Waals surface area contributed by atoms with Crippen LogP contribution in [0.1, 0.15) is 155 Å². The van der Waals surface area contributed by atoms with Crippen LogP contribution >= 0.6 is 0 Å². The molecule has 0 aromatic rings. The lowest BCUT2D eigenvalue weighted by atomic mass is 10.1. The summed E-state index contributed by atoms with van der Waals surface area (Å²) in [6, 6.07) is -0.638. The molecule has 0 aliphatic heterocycles. The number of amides is 1. The quantitative estimate of drug-likeness (QED) is 0.0693. The summed E-state index contributed by atoms with van der Waals surface area (Å²) in [6.45, 7) is 4.24. The summed E-state index contributed by atoms with van der Waals surface area (Å²) in [4.78, 5) is 12.2. The number of unbranched alkanes of at least 4 members (excludes halogenated alkanes) is 17. The highest BCUT2D eigenvalue weighted by atomic mass is 16.3. The van der Waals surface area contributed by atoms with Gasteiger partial charge in [-0.05, 0) is 57.8 Å². The van der Waals surface area contributed by atoms with Gasteiger partial charge in [0.2, 0.25) is 5.91 Å². The standard InChI is InChI=1S/C34H63NO3/c1-3-5-7-9-11-13-15-17-18-20-22-24-26-28-30-34(38)35-32(31-36)33(37)29-27-25-23-21-19-16-14-12-10-8-6-4-2/h15,17,19,21,27,29,32-33,36-37H,3-14,16,18,20,22-26,28,30-31H2,1-2H3,(H,35,38)/b17-15+,21-19+,29-27+/t32-,33+/m0/s1. The Bertz CT molecular complexity index is 584. The van der Waals surface area contributed by atoms with Crippen LogP contribution in [-0.2, 0) is 4.79 Å². The molecule has 0 heterocycles. The number of carbonyl (C=O) groups is 1. The molecule has 0 rings (SSSR count). The minimum Gasteiger partial charge on any atom is -0.394 e. The molecule has 4 heteroatoms. The van der Waals surface area contributed by atoms with E-state index in [0.29, 0.717) is 6.42 Å².